The standard InChI is InChI=1S/C14H27N3/c1-5-7-9-17-10-8-15-14(17)16-13(4)11-12(3)6-2/h8,10,12-13H,5-7,9,11H2,1-4H3,(H,15,16). The van der Waals surface area contributed by atoms with Crippen LogP contribution in [-0.2, 0) is 6.54 Å². The van der Waals surface area contributed by atoms with Crippen LogP contribution in [0, 0.1) is 5.92 Å². The number of aryl methyl sites for hydroxylation is 1. The molecule has 0 amide bonds. The molecule has 0 fully saturated rings. The molecule has 0 bridgehead atoms. The Morgan fingerprint density at radius 3 is 2.76 bits per heavy atom. The summed E-state index contributed by atoms with van der Waals surface area (Å²) in [5, 5.41) is 3.52. The number of imidazole rings is 1. The molecule has 0 aliphatic heterocycles. The van der Waals surface area contributed by atoms with Crippen LogP contribution in [-0.4, -0.2) is 15.6 Å². The second kappa shape index (κ2) is 7.36. The average Bonchev–Trinajstić information content (AvgIpc) is 2.73. The molecule has 0 saturated heterocycles. The Balaban J connectivity index is 2.47. The van der Waals surface area contributed by atoms with Crippen LogP contribution >= 0.6 is 0 Å². The summed E-state index contributed by atoms with van der Waals surface area (Å²) in [6.07, 6.45) is 8.83. The van der Waals surface area contributed by atoms with Crippen molar-refractivity contribution in [1.82, 2.24) is 9.55 Å². The second-order valence-electron chi connectivity index (χ2n) is 5.09. The van der Waals surface area contributed by atoms with Crippen molar-refractivity contribution in [1.29, 1.82) is 0 Å². The first-order chi connectivity index (χ1) is 8.17. The van der Waals surface area contributed by atoms with Gasteiger partial charge in [0.25, 0.3) is 0 Å². The lowest BCUT2D eigenvalue weighted by atomic mass is 10.0. The van der Waals surface area contributed by atoms with Gasteiger partial charge in [-0.05, 0) is 25.7 Å². The smallest absolute Gasteiger partial charge is 0.202 e. The predicted molar refractivity (Wildman–Crippen MR) is 74.3 cm³/mol. The van der Waals surface area contributed by atoms with Gasteiger partial charge < -0.3 is 9.88 Å². The largest absolute Gasteiger partial charge is 0.353 e. The first-order valence-corrected chi connectivity index (χ1v) is 6.95. The number of anilines is 1. The van der Waals surface area contributed by atoms with E-state index in [9.17, 15) is 0 Å². The third-order valence-corrected chi connectivity index (χ3v) is 3.30. The van der Waals surface area contributed by atoms with Crippen molar-refractivity contribution in [3.05, 3.63) is 12.4 Å². The minimum Gasteiger partial charge on any atom is -0.353 e. The summed E-state index contributed by atoms with van der Waals surface area (Å²) < 4.78 is 2.22. The summed E-state index contributed by atoms with van der Waals surface area (Å²) in [6, 6.07) is 0.493. The summed E-state index contributed by atoms with van der Waals surface area (Å²) in [6.45, 7) is 10.1. The highest BCUT2D eigenvalue weighted by Crippen LogP contribution is 2.14. The Bertz CT molecular complexity index is 306. The highest BCUT2D eigenvalue weighted by Gasteiger charge is 2.09. The molecule has 98 valence electrons. The lowest BCUT2D eigenvalue weighted by molar-refractivity contribution is 0.480. The van der Waals surface area contributed by atoms with E-state index in [0.717, 1.165) is 18.4 Å². The van der Waals surface area contributed by atoms with Crippen molar-refractivity contribution in [2.45, 2.75) is 66.0 Å². The molecule has 0 aliphatic rings. The third kappa shape index (κ3) is 4.80. The van der Waals surface area contributed by atoms with E-state index in [1.54, 1.807) is 0 Å². The van der Waals surface area contributed by atoms with Gasteiger partial charge in [0.05, 0.1) is 0 Å². The average molecular weight is 237 g/mol. The third-order valence-electron chi connectivity index (χ3n) is 3.30. The molecule has 0 saturated carbocycles. The molecule has 0 aliphatic carbocycles. The van der Waals surface area contributed by atoms with E-state index in [1.807, 2.05) is 6.20 Å². The molecule has 2 atom stereocenters. The van der Waals surface area contributed by atoms with Crippen LogP contribution in [0.25, 0.3) is 0 Å². The molecule has 3 heteroatoms. The molecular weight excluding hydrogens is 210 g/mol. The molecule has 17 heavy (non-hydrogen) atoms. The molecule has 1 aromatic rings. The summed E-state index contributed by atoms with van der Waals surface area (Å²) in [7, 11) is 0. The summed E-state index contributed by atoms with van der Waals surface area (Å²) >= 11 is 0. The summed E-state index contributed by atoms with van der Waals surface area (Å²) in [4.78, 5) is 4.39. The van der Waals surface area contributed by atoms with Gasteiger partial charge in [0.2, 0.25) is 5.95 Å². The molecule has 3 nitrogen and oxygen atoms in total. The van der Waals surface area contributed by atoms with Crippen LogP contribution < -0.4 is 5.32 Å². The van der Waals surface area contributed by atoms with E-state index in [2.05, 4.69) is 48.8 Å². The minimum absolute atomic E-state index is 0.493. The van der Waals surface area contributed by atoms with Crippen molar-refractivity contribution in [3.63, 3.8) is 0 Å². The number of rotatable bonds is 8. The molecule has 0 radical (unpaired) electrons. The van der Waals surface area contributed by atoms with E-state index in [-0.39, 0.29) is 0 Å². The van der Waals surface area contributed by atoms with Gasteiger partial charge >= 0.3 is 0 Å². The second-order valence-corrected chi connectivity index (χ2v) is 5.09. The number of nitrogens with one attached hydrogen (secondary N) is 1. The number of aromatic nitrogens is 2. The van der Waals surface area contributed by atoms with E-state index in [1.165, 1.54) is 25.7 Å². The van der Waals surface area contributed by atoms with Crippen molar-refractivity contribution in [2.75, 3.05) is 5.32 Å². The first kappa shape index (κ1) is 14.1. The molecule has 0 spiro atoms. The highest BCUT2D eigenvalue weighted by atomic mass is 15.2. The highest BCUT2D eigenvalue weighted by molar-refractivity contribution is 5.27. The van der Waals surface area contributed by atoms with Gasteiger partial charge in [-0.1, -0.05) is 33.6 Å². The Morgan fingerprint density at radius 1 is 1.35 bits per heavy atom. The van der Waals surface area contributed by atoms with Gasteiger partial charge in [-0.25, -0.2) is 4.98 Å². The SMILES string of the molecule is CCCCn1ccnc1NC(C)CC(C)CC. The molecule has 0 aromatic carbocycles. The topological polar surface area (TPSA) is 29.9 Å². The van der Waals surface area contributed by atoms with Gasteiger partial charge in [-0.3, -0.25) is 0 Å². The molecule has 2 unspecified atom stereocenters. The summed E-state index contributed by atoms with van der Waals surface area (Å²) in [5.41, 5.74) is 0. The summed E-state index contributed by atoms with van der Waals surface area (Å²) in [5.74, 6) is 1.80. The van der Waals surface area contributed by atoms with Gasteiger partial charge in [0.1, 0.15) is 0 Å². The van der Waals surface area contributed by atoms with E-state index in [0.29, 0.717) is 6.04 Å². The molecular formula is C14H27N3. The zero-order valence-electron chi connectivity index (χ0n) is 11.7. The van der Waals surface area contributed by atoms with Gasteiger partial charge in [0.15, 0.2) is 0 Å². The predicted octanol–water partition coefficient (Wildman–Crippen LogP) is 3.92. The van der Waals surface area contributed by atoms with Gasteiger partial charge in [-0.2, -0.15) is 0 Å². The Labute approximate surface area is 106 Å². The van der Waals surface area contributed by atoms with Crippen molar-refractivity contribution >= 4 is 5.95 Å². The first-order valence-electron chi connectivity index (χ1n) is 6.95. The fourth-order valence-corrected chi connectivity index (χ4v) is 2.01. The van der Waals surface area contributed by atoms with Crippen LogP contribution in [0.1, 0.15) is 53.4 Å². The minimum atomic E-state index is 0.493. The quantitative estimate of drug-likeness (QED) is 0.742. The monoisotopic (exact) mass is 237 g/mol. The van der Waals surface area contributed by atoms with E-state index in [4.69, 9.17) is 0 Å². The van der Waals surface area contributed by atoms with E-state index < -0.39 is 0 Å². The van der Waals surface area contributed by atoms with Crippen LogP contribution in [0.4, 0.5) is 5.95 Å². The number of hydrogen-bond acceptors (Lipinski definition) is 2. The molecule has 1 aromatic heterocycles. The zero-order valence-corrected chi connectivity index (χ0v) is 11.7. The zero-order chi connectivity index (χ0) is 12.7. The van der Waals surface area contributed by atoms with Crippen LogP contribution in [0.3, 0.4) is 0 Å². The number of nitrogens with zero attached hydrogens (tertiary/aromatic N) is 2. The lowest BCUT2D eigenvalue weighted by Gasteiger charge is -2.18. The maximum absolute atomic E-state index is 4.39. The van der Waals surface area contributed by atoms with E-state index >= 15 is 0 Å². The van der Waals surface area contributed by atoms with Crippen molar-refractivity contribution < 1.29 is 0 Å². The van der Waals surface area contributed by atoms with Crippen molar-refractivity contribution in [3.8, 4) is 0 Å². The van der Waals surface area contributed by atoms with Crippen molar-refractivity contribution in [2.24, 2.45) is 5.92 Å². The van der Waals surface area contributed by atoms with Crippen LogP contribution in [0.5, 0.6) is 0 Å². The molecule has 1 heterocycles. The Hall–Kier alpha value is -0.990. The number of unbranched alkanes of at least 4 members (excludes halogenated alkanes) is 1. The Morgan fingerprint density at radius 2 is 2.12 bits per heavy atom. The number of hydrogen-bond donors (Lipinski definition) is 1. The molecule has 1 rings (SSSR count). The van der Waals surface area contributed by atoms with Crippen LogP contribution in [0.15, 0.2) is 12.4 Å². The van der Waals surface area contributed by atoms with Gasteiger partial charge in [-0.15, -0.1) is 0 Å². The Kier molecular flexibility index (Phi) is 6.09. The van der Waals surface area contributed by atoms with Gasteiger partial charge in [0, 0.05) is 25.0 Å². The maximum Gasteiger partial charge on any atom is 0.202 e. The van der Waals surface area contributed by atoms with Crippen LogP contribution in [0.2, 0.25) is 0 Å². The maximum atomic E-state index is 4.39. The fraction of sp³-hybridized carbons (Fsp3) is 0.786. The normalized spacial score (nSPS) is 14.6. The fourth-order valence-electron chi connectivity index (χ4n) is 2.01. The molecule has 1 N–H and O–H groups in total. The lowest BCUT2D eigenvalue weighted by Crippen LogP contribution is -2.20.